The van der Waals surface area contributed by atoms with E-state index in [0.717, 1.165) is 5.39 Å². The van der Waals surface area contributed by atoms with Crippen molar-refractivity contribution < 1.29 is 19.2 Å². The van der Waals surface area contributed by atoms with E-state index in [2.05, 4.69) is 9.71 Å². The first-order chi connectivity index (χ1) is 16.9. The fourth-order valence-corrected chi connectivity index (χ4v) is 5.48. The predicted molar refractivity (Wildman–Crippen MR) is 135 cm³/mol. The van der Waals surface area contributed by atoms with Gasteiger partial charge in [0.15, 0.2) is 11.0 Å². The molecule has 1 aliphatic heterocycles. The molecule has 7 nitrogen and oxygen atoms in total. The largest absolute Gasteiger partial charge is 0.508 e. The zero-order valence-electron chi connectivity index (χ0n) is 18.9. The Balaban J connectivity index is 1.24. The van der Waals surface area contributed by atoms with Gasteiger partial charge in [-0.05, 0) is 55.3 Å². The maximum atomic E-state index is 13.0. The van der Waals surface area contributed by atoms with Gasteiger partial charge in [0.1, 0.15) is 5.75 Å². The van der Waals surface area contributed by atoms with Crippen molar-refractivity contribution >= 4 is 33.5 Å². The second-order valence-electron chi connectivity index (χ2n) is 8.62. The number of aromatic hydroxyl groups is 1. The summed E-state index contributed by atoms with van der Waals surface area (Å²) in [5.74, 6) is -0.0650. The minimum Gasteiger partial charge on any atom is -0.508 e. The molecule has 5 rings (SSSR count). The number of carbonyl (C=O) groups is 1. The van der Waals surface area contributed by atoms with E-state index in [1.807, 2.05) is 24.3 Å². The highest BCUT2D eigenvalue weighted by Crippen LogP contribution is 2.37. The van der Waals surface area contributed by atoms with Crippen LogP contribution in [0.1, 0.15) is 28.8 Å². The number of nitrogens with one attached hydrogen (secondary N) is 1. The minimum absolute atomic E-state index is 0.0644. The number of hydrogen-bond acceptors (Lipinski definition) is 5. The van der Waals surface area contributed by atoms with Gasteiger partial charge in [-0.25, -0.2) is 4.21 Å². The molecule has 0 bridgehead atoms. The van der Waals surface area contributed by atoms with Crippen LogP contribution < -0.4 is 4.72 Å². The lowest BCUT2D eigenvalue weighted by molar-refractivity contribution is -0.0225. The van der Waals surface area contributed by atoms with Crippen LogP contribution in [0, 0.1) is 0 Å². The summed E-state index contributed by atoms with van der Waals surface area (Å²) < 4.78 is 15.9. The molecule has 8 heteroatoms. The highest BCUT2D eigenvalue weighted by molar-refractivity contribution is 7.86. The number of phenolic OH excluding ortho intramolecular Hbond substituents is 1. The SMILES string of the molecule is O=C(c1ccc(NS(=O)c2cccc3cccnc23)cc1)N1CCC(O)(c2ccccc2O)CC1. The standard InChI is InChI=1S/C27H25N3O4S/c31-23-8-2-1-7-22(23)27(33)14-17-30(18-15-27)26(32)20-10-12-21(13-11-20)29-35(34)24-9-3-5-19-6-4-16-28-25(19)24/h1-13,16,29,31,33H,14-15,17-18H2. The number of amides is 1. The van der Waals surface area contributed by atoms with Crippen LogP contribution in [0.2, 0.25) is 0 Å². The molecule has 35 heavy (non-hydrogen) atoms. The van der Waals surface area contributed by atoms with Gasteiger partial charge in [0.05, 0.1) is 16.0 Å². The molecular weight excluding hydrogens is 462 g/mol. The van der Waals surface area contributed by atoms with Crippen molar-refractivity contribution in [2.24, 2.45) is 0 Å². The lowest BCUT2D eigenvalue weighted by atomic mass is 9.84. The number of piperidine rings is 1. The third-order valence-corrected chi connectivity index (χ3v) is 7.57. The first-order valence-electron chi connectivity index (χ1n) is 11.4. The number of benzene rings is 3. The number of phenols is 1. The van der Waals surface area contributed by atoms with Gasteiger partial charge in [-0.15, -0.1) is 0 Å². The summed E-state index contributed by atoms with van der Waals surface area (Å²) in [5.41, 5.74) is 1.16. The molecule has 1 unspecified atom stereocenters. The van der Waals surface area contributed by atoms with E-state index in [9.17, 15) is 19.2 Å². The Hall–Kier alpha value is -3.75. The Morgan fingerprint density at radius 1 is 0.943 bits per heavy atom. The van der Waals surface area contributed by atoms with Crippen LogP contribution in [0.5, 0.6) is 5.75 Å². The maximum absolute atomic E-state index is 13.0. The number of aliphatic hydroxyl groups is 1. The third-order valence-electron chi connectivity index (χ3n) is 6.42. The van der Waals surface area contributed by atoms with Crippen LogP contribution in [-0.4, -0.2) is 43.3 Å². The van der Waals surface area contributed by atoms with Crippen LogP contribution in [0.4, 0.5) is 5.69 Å². The van der Waals surface area contributed by atoms with Gasteiger partial charge < -0.3 is 19.8 Å². The summed E-state index contributed by atoms with van der Waals surface area (Å²) in [6.45, 7) is 0.754. The van der Waals surface area contributed by atoms with Crippen LogP contribution in [0.15, 0.2) is 90.0 Å². The molecule has 1 amide bonds. The second-order valence-corrected chi connectivity index (χ2v) is 9.80. The van der Waals surface area contributed by atoms with Gasteiger partial charge in [-0.1, -0.05) is 36.4 Å². The summed E-state index contributed by atoms with van der Waals surface area (Å²) in [5, 5.41) is 22.1. The zero-order chi connectivity index (χ0) is 24.4. The summed E-state index contributed by atoms with van der Waals surface area (Å²) in [4.78, 5) is 19.7. The van der Waals surface area contributed by atoms with E-state index in [1.54, 1.807) is 65.7 Å². The summed E-state index contributed by atoms with van der Waals surface area (Å²) in [7, 11) is -1.52. The van der Waals surface area contributed by atoms with Crippen LogP contribution in [0.25, 0.3) is 10.9 Å². The summed E-state index contributed by atoms with van der Waals surface area (Å²) in [6.07, 6.45) is 2.36. The Bertz CT molecular complexity index is 1390. The number of nitrogens with zero attached hydrogens (tertiary/aromatic N) is 2. The number of rotatable bonds is 5. The maximum Gasteiger partial charge on any atom is 0.253 e. The van der Waals surface area contributed by atoms with Gasteiger partial charge >= 0.3 is 0 Å². The monoisotopic (exact) mass is 487 g/mol. The number of pyridine rings is 1. The van der Waals surface area contributed by atoms with E-state index >= 15 is 0 Å². The molecule has 1 atom stereocenters. The van der Waals surface area contributed by atoms with Crippen molar-refractivity contribution in [2.75, 3.05) is 17.8 Å². The molecule has 3 N–H and O–H groups in total. The van der Waals surface area contributed by atoms with E-state index in [4.69, 9.17) is 0 Å². The van der Waals surface area contributed by atoms with Gasteiger partial charge in [-0.2, -0.15) is 0 Å². The highest BCUT2D eigenvalue weighted by atomic mass is 32.2. The van der Waals surface area contributed by atoms with E-state index in [-0.39, 0.29) is 11.7 Å². The molecule has 0 saturated carbocycles. The molecule has 4 aromatic rings. The molecule has 178 valence electrons. The number of aromatic nitrogens is 1. The average Bonchev–Trinajstić information content (AvgIpc) is 2.89. The Morgan fingerprint density at radius 3 is 2.40 bits per heavy atom. The molecule has 0 radical (unpaired) electrons. The number of carbonyl (C=O) groups excluding carboxylic acids is 1. The third kappa shape index (κ3) is 4.62. The second kappa shape index (κ2) is 9.48. The predicted octanol–water partition coefficient (Wildman–Crippen LogP) is 4.20. The molecule has 0 spiro atoms. The number of likely N-dealkylation sites (tertiary alicyclic amines) is 1. The number of anilines is 1. The Morgan fingerprint density at radius 2 is 1.66 bits per heavy atom. The van der Waals surface area contributed by atoms with Crippen molar-refractivity contribution in [3.63, 3.8) is 0 Å². The van der Waals surface area contributed by atoms with Gasteiger partial charge in [0.25, 0.3) is 5.91 Å². The van der Waals surface area contributed by atoms with Crippen molar-refractivity contribution in [1.29, 1.82) is 0 Å². The lowest BCUT2D eigenvalue weighted by Crippen LogP contribution is -2.45. The van der Waals surface area contributed by atoms with Crippen LogP contribution >= 0.6 is 0 Å². The molecule has 1 aliphatic rings. The Kier molecular flexibility index (Phi) is 6.23. The molecule has 1 saturated heterocycles. The van der Waals surface area contributed by atoms with Crippen molar-refractivity contribution in [1.82, 2.24) is 9.88 Å². The van der Waals surface area contributed by atoms with Crippen molar-refractivity contribution in [3.05, 3.63) is 96.2 Å². The topological polar surface area (TPSA) is 103 Å². The molecule has 0 aliphatic carbocycles. The quantitative estimate of drug-likeness (QED) is 0.392. The fraction of sp³-hybridized carbons (Fsp3) is 0.185. The number of fused-ring (bicyclic) bond motifs is 1. The number of para-hydroxylation sites is 2. The van der Waals surface area contributed by atoms with E-state index in [1.165, 1.54) is 0 Å². The van der Waals surface area contributed by atoms with E-state index in [0.29, 0.717) is 53.2 Å². The average molecular weight is 488 g/mol. The normalized spacial score (nSPS) is 16.1. The highest BCUT2D eigenvalue weighted by Gasteiger charge is 2.37. The van der Waals surface area contributed by atoms with Crippen molar-refractivity contribution in [2.45, 2.75) is 23.3 Å². The van der Waals surface area contributed by atoms with Gasteiger partial charge in [0.2, 0.25) is 0 Å². The van der Waals surface area contributed by atoms with Crippen LogP contribution in [-0.2, 0) is 16.6 Å². The van der Waals surface area contributed by atoms with E-state index < -0.39 is 16.6 Å². The first-order valence-corrected chi connectivity index (χ1v) is 12.5. The minimum atomic E-state index is -1.52. The Labute approximate surface area is 205 Å². The molecule has 1 fully saturated rings. The lowest BCUT2D eigenvalue weighted by Gasteiger charge is -2.38. The van der Waals surface area contributed by atoms with Gasteiger partial charge in [-0.3, -0.25) is 9.78 Å². The molecule has 2 heterocycles. The zero-order valence-corrected chi connectivity index (χ0v) is 19.7. The van der Waals surface area contributed by atoms with Crippen molar-refractivity contribution in [3.8, 4) is 5.75 Å². The molecule has 3 aromatic carbocycles. The molecule has 1 aromatic heterocycles. The summed E-state index contributed by atoms with van der Waals surface area (Å²) in [6, 6.07) is 23.0. The first kappa shape index (κ1) is 23.0. The molecular formula is C27H25N3O4S. The summed E-state index contributed by atoms with van der Waals surface area (Å²) >= 11 is 0. The smallest absolute Gasteiger partial charge is 0.253 e. The fourth-order valence-electron chi connectivity index (χ4n) is 4.47. The number of hydrogen-bond donors (Lipinski definition) is 3. The van der Waals surface area contributed by atoms with Gasteiger partial charge in [0, 0.05) is 41.5 Å². The van der Waals surface area contributed by atoms with Crippen LogP contribution in [0.3, 0.4) is 0 Å².